The predicted octanol–water partition coefficient (Wildman–Crippen LogP) is 2.42. The van der Waals surface area contributed by atoms with E-state index in [1.807, 2.05) is 17.5 Å². The number of hydrogen-bond donors (Lipinski definition) is 2. The molecule has 0 unspecified atom stereocenters. The molecule has 8 heteroatoms. The minimum absolute atomic E-state index is 0.269. The van der Waals surface area contributed by atoms with E-state index in [1.165, 1.54) is 11.3 Å². The fourth-order valence-corrected chi connectivity index (χ4v) is 1.90. The van der Waals surface area contributed by atoms with Gasteiger partial charge in [0.05, 0.1) is 6.54 Å². The number of carbonyl (C=O) groups excluding carboxylic acids is 1. The van der Waals surface area contributed by atoms with Gasteiger partial charge in [0.25, 0.3) is 5.91 Å². The van der Waals surface area contributed by atoms with Crippen LogP contribution in [-0.4, -0.2) is 16.1 Å². The zero-order valence-corrected chi connectivity index (χ0v) is 9.73. The van der Waals surface area contributed by atoms with E-state index in [1.54, 1.807) is 5.10 Å². The number of hydrogen-bond acceptors (Lipinski definition) is 3. The van der Waals surface area contributed by atoms with Crippen molar-refractivity contribution in [1.82, 2.24) is 15.5 Å². The number of rotatable bonds is 3. The Labute approximate surface area is 104 Å². The Morgan fingerprint density at radius 3 is 2.83 bits per heavy atom. The summed E-state index contributed by atoms with van der Waals surface area (Å²) in [6.07, 6.45) is -4.53. The molecule has 2 aromatic rings. The summed E-state index contributed by atoms with van der Waals surface area (Å²) in [5.41, 5.74) is -1.32. The van der Waals surface area contributed by atoms with E-state index in [4.69, 9.17) is 0 Å². The minimum atomic E-state index is -4.53. The molecule has 0 saturated heterocycles. The topological polar surface area (TPSA) is 57.8 Å². The molecule has 2 aromatic heterocycles. The number of thiophene rings is 1. The van der Waals surface area contributed by atoms with Gasteiger partial charge >= 0.3 is 6.18 Å². The van der Waals surface area contributed by atoms with Crippen molar-refractivity contribution in [2.24, 2.45) is 0 Å². The Morgan fingerprint density at radius 1 is 1.50 bits per heavy atom. The van der Waals surface area contributed by atoms with Gasteiger partial charge < -0.3 is 5.32 Å². The zero-order chi connectivity index (χ0) is 13.2. The molecule has 96 valence electrons. The van der Waals surface area contributed by atoms with E-state index < -0.39 is 17.8 Å². The summed E-state index contributed by atoms with van der Waals surface area (Å²) >= 11 is 1.45. The highest BCUT2D eigenvalue weighted by atomic mass is 32.1. The zero-order valence-electron chi connectivity index (χ0n) is 8.91. The van der Waals surface area contributed by atoms with Gasteiger partial charge in [0.2, 0.25) is 0 Å². The Bertz CT molecular complexity index is 533. The highest BCUT2D eigenvalue weighted by Gasteiger charge is 2.33. The smallest absolute Gasteiger partial charge is 0.346 e. The maximum atomic E-state index is 12.3. The molecule has 2 heterocycles. The van der Waals surface area contributed by atoms with Gasteiger partial charge in [-0.05, 0) is 11.4 Å². The molecule has 0 spiro atoms. The third kappa shape index (κ3) is 2.89. The van der Waals surface area contributed by atoms with Crippen molar-refractivity contribution in [2.45, 2.75) is 12.7 Å². The molecule has 0 radical (unpaired) electrons. The lowest BCUT2D eigenvalue weighted by atomic mass is 10.3. The molecule has 0 aliphatic carbocycles. The minimum Gasteiger partial charge on any atom is -0.346 e. The summed E-state index contributed by atoms with van der Waals surface area (Å²) in [6.45, 7) is 0.269. The number of halogens is 3. The van der Waals surface area contributed by atoms with Crippen LogP contribution in [0.5, 0.6) is 0 Å². The monoisotopic (exact) mass is 275 g/mol. The van der Waals surface area contributed by atoms with Gasteiger partial charge in [0.1, 0.15) is 5.69 Å². The number of aromatic amines is 1. The molecule has 4 nitrogen and oxygen atoms in total. The van der Waals surface area contributed by atoms with Crippen LogP contribution in [0.2, 0.25) is 0 Å². The summed E-state index contributed by atoms with van der Waals surface area (Å²) in [7, 11) is 0. The number of amides is 1. The Kier molecular flexibility index (Phi) is 3.37. The number of carbonyl (C=O) groups is 1. The Morgan fingerprint density at radius 2 is 2.28 bits per heavy atom. The van der Waals surface area contributed by atoms with E-state index >= 15 is 0 Å². The van der Waals surface area contributed by atoms with Crippen molar-refractivity contribution >= 4 is 17.2 Å². The molecule has 0 aliphatic heterocycles. The second-order valence-corrected chi connectivity index (χ2v) is 4.46. The van der Waals surface area contributed by atoms with Gasteiger partial charge in [-0.15, -0.1) is 11.3 Å². The molecule has 1 amide bonds. The number of nitrogens with zero attached hydrogens (tertiary/aromatic N) is 1. The largest absolute Gasteiger partial charge is 0.432 e. The number of alkyl halides is 3. The molecule has 0 fully saturated rings. The van der Waals surface area contributed by atoms with Crippen molar-refractivity contribution in [1.29, 1.82) is 0 Å². The van der Waals surface area contributed by atoms with E-state index in [9.17, 15) is 18.0 Å². The van der Waals surface area contributed by atoms with Gasteiger partial charge in [-0.2, -0.15) is 18.3 Å². The van der Waals surface area contributed by atoms with Crippen LogP contribution in [-0.2, 0) is 12.7 Å². The SMILES string of the molecule is O=C(NCc1cccs1)c1cc(C(F)(F)F)[nH]n1. The van der Waals surface area contributed by atoms with E-state index in [2.05, 4.69) is 10.4 Å². The molecule has 18 heavy (non-hydrogen) atoms. The van der Waals surface area contributed by atoms with Crippen LogP contribution in [0.4, 0.5) is 13.2 Å². The molecule has 0 aliphatic rings. The summed E-state index contributed by atoms with van der Waals surface area (Å²) in [5.74, 6) is -0.643. The van der Waals surface area contributed by atoms with E-state index in [0.29, 0.717) is 6.07 Å². The van der Waals surface area contributed by atoms with Gasteiger partial charge in [-0.1, -0.05) is 6.07 Å². The number of H-pyrrole nitrogens is 1. The fourth-order valence-electron chi connectivity index (χ4n) is 1.25. The Balaban J connectivity index is 1.99. The van der Waals surface area contributed by atoms with Gasteiger partial charge in [-0.25, -0.2) is 0 Å². The van der Waals surface area contributed by atoms with Gasteiger partial charge in [0.15, 0.2) is 5.69 Å². The van der Waals surface area contributed by atoms with E-state index in [-0.39, 0.29) is 12.2 Å². The highest BCUT2D eigenvalue weighted by Crippen LogP contribution is 2.27. The lowest BCUT2D eigenvalue weighted by Crippen LogP contribution is -2.22. The first-order valence-corrected chi connectivity index (χ1v) is 5.78. The molecular weight excluding hydrogens is 267 g/mol. The van der Waals surface area contributed by atoms with Crippen molar-refractivity contribution < 1.29 is 18.0 Å². The molecule has 2 rings (SSSR count). The maximum absolute atomic E-state index is 12.3. The summed E-state index contributed by atoms with van der Waals surface area (Å²) in [5, 5.41) is 9.45. The number of aromatic nitrogens is 2. The maximum Gasteiger partial charge on any atom is 0.432 e. The molecule has 0 atom stereocenters. The Hall–Kier alpha value is -1.83. The third-order valence-corrected chi connectivity index (χ3v) is 3.00. The van der Waals surface area contributed by atoms with Crippen LogP contribution in [0, 0.1) is 0 Å². The third-order valence-electron chi connectivity index (χ3n) is 2.12. The van der Waals surface area contributed by atoms with Gasteiger partial charge in [0, 0.05) is 10.9 Å². The quantitative estimate of drug-likeness (QED) is 0.903. The van der Waals surface area contributed by atoms with Crippen LogP contribution in [0.15, 0.2) is 23.6 Å². The first-order chi connectivity index (χ1) is 8.47. The molecular formula is C10H8F3N3OS. The molecule has 0 aromatic carbocycles. The van der Waals surface area contributed by atoms with Crippen LogP contribution in [0.3, 0.4) is 0 Å². The average molecular weight is 275 g/mol. The van der Waals surface area contributed by atoms with Crippen molar-refractivity contribution in [3.8, 4) is 0 Å². The van der Waals surface area contributed by atoms with Crippen LogP contribution in [0.1, 0.15) is 21.1 Å². The summed E-state index contributed by atoms with van der Waals surface area (Å²) in [4.78, 5) is 12.4. The highest BCUT2D eigenvalue weighted by molar-refractivity contribution is 7.09. The average Bonchev–Trinajstić information content (AvgIpc) is 2.96. The normalized spacial score (nSPS) is 11.5. The second-order valence-electron chi connectivity index (χ2n) is 3.43. The van der Waals surface area contributed by atoms with Gasteiger partial charge in [-0.3, -0.25) is 9.89 Å². The summed E-state index contributed by atoms with van der Waals surface area (Å²) in [6, 6.07) is 4.32. The molecule has 0 saturated carbocycles. The number of nitrogens with one attached hydrogen (secondary N) is 2. The molecule has 0 bridgehead atoms. The first kappa shape index (κ1) is 12.6. The van der Waals surface area contributed by atoms with E-state index in [0.717, 1.165) is 4.88 Å². The second kappa shape index (κ2) is 4.81. The van der Waals surface area contributed by atoms with Crippen molar-refractivity contribution in [2.75, 3.05) is 0 Å². The lowest BCUT2D eigenvalue weighted by Gasteiger charge is -2.00. The fraction of sp³-hybridized carbons (Fsp3) is 0.200. The van der Waals surface area contributed by atoms with Crippen LogP contribution < -0.4 is 5.32 Å². The standard InChI is InChI=1S/C10H8F3N3OS/c11-10(12,13)8-4-7(15-16-8)9(17)14-5-6-2-1-3-18-6/h1-4H,5H2,(H,14,17)(H,15,16). The van der Waals surface area contributed by atoms with Crippen LogP contribution in [0.25, 0.3) is 0 Å². The first-order valence-electron chi connectivity index (χ1n) is 4.90. The van der Waals surface area contributed by atoms with Crippen LogP contribution >= 0.6 is 11.3 Å². The summed E-state index contributed by atoms with van der Waals surface area (Å²) < 4.78 is 36.8. The predicted molar refractivity (Wildman–Crippen MR) is 59.1 cm³/mol. The molecule has 2 N–H and O–H groups in total. The lowest BCUT2D eigenvalue weighted by molar-refractivity contribution is -0.141. The van der Waals surface area contributed by atoms with Crippen molar-refractivity contribution in [3.63, 3.8) is 0 Å². The van der Waals surface area contributed by atoms with Crippen molar-refractivity contribution in [3.05, 3.63) is 39.8 Å².